The predicted octanol–water partition coefficient (Wildman–Crippen LogP) is 2.54. The van der Waals surface area contributed by atoms with Crippen LogP contribution in [0.15, 0.2) is 4.79 Å². The van der Waals surface area contributed by atoms with Crippen LogP contribution in [0.2, 0.25) is 0 Å². The monoisotopic (exact) mass is 311 g/mol. The van der Waals surface area contributed by atoms with Gasteiger partial charge in [-0.2, -0.15) is 5.10 Å². The molecule has 0 radical (unpaired) electrons. The number of hydrogen-bond donors (Lipinski definition) is 2. The maximum absolute atomic E-state index is 11.8. The number of hydrogen-bond acceptors (Lipinski definition) is 3. The van der Waals surface area contributed by atoms with E-state index in [4.69, 9.17) is 0 Å². The highest BCUT2D eigenvalue weighted by atomic mass is 35.5. The summed E-state index contributed by atoms with van der Waals surface area (Å²) in [5.74, 6) is 0. The summed E-state index contributed by atoms with van der Waals surface area (Å²) in [4.78, 5) is 11.8. The second-order valence-electron chi connectivity index (χ2n) is 6.20. The van der Waals surface area contributed by atoms with E-state index in [0.717, 1.165) is 43.5 Å². The van der Waals surface area contributed by atoms with Crippen molar-refractivity contribution in [3.63, 3.8) is 0 Å². The van der Waals surface area contributed by atoms with Gasteiger partial charge in [-0.25, -0.2) is 5.10 Å². The molecular formula is C16H26ClN3O. The Morgan fingerprint density at radius 3 is 2.52 bits per heavy atom. The zero-order valence-electron chi connectivity index (χ0n) is 12.6. The summed E-state index contributed by atoms with van der Waals surface area (Å²) in [6.45, 7) is 0.982. The van der Waals surface area contributed by atoms with E-state index in [2.05, 4.69) is 15.5 Å². The summed E-state index contributed by atoms with van der Waals surface area (Å²) < 4.78 is 0. The Morgan fingerprint density at radius 1 is 1.05 bits per heavy atom. The number of aromatic amines is 1. The minimum Gasteiger partial charge on any atom is -0.314 e. The standard InChI is InChI=1S/C16H25N3O.ClH/c20-16-14-9-5-4-8-13(14)15(18-19-16)10-11-17-12-6-2-1-3-7-12;/h12,17H,1-11H2,(H,19,20);1H. The lowest BCUT2D eigenvalue weighted by atomic mass is 9.91. The Balaban J connectivity index is 0.00000161. The molecule has 0 unspecified atom stereocenters. The second-order valence-corrected chi connectivity index (χ2v) is 6.20. The number of H-pyrrole nitrogens is 1. The van der Waals surface area contributed by atoms with Crippen LogP contribution in [-0.4, -0.2) is 22.8 Å². The molecule has 0 aromatic carbocycles. The topological polar surface area (TPSA) is 57.8 Å². The quantitative estimate of drug-likeness (QED) is 0.898. The van der Waals surface area contributed by atoms with Gasteiger partial charge in [0.05, 0.1) is 5.69 Å². The molecule has 1 saturated carbocycles. The van der Waals surface area contributed by atoms with Crippen molar-refractivity contribution in [1.29, 1.82) is 0 Å². The van der Waals surface area contributed by atoms with Crippen LogP contribution < -0.4 is 10.9 Å². The van der Waals surface area contributed by atoms with Crippen molar-refractivity contribution in [2.75, 3.05) is 6.54 Å². The van der Waals surface area contributed by atoms with Crippen molar-refractivity contribution in [1.82, 2.24) is 15.5 Å². The van der Waals surface area contributed by atoms with Crippen LogP contribution in [0.3, 0.4) is 0 Å². The first-order chi connectivity index (χ1) is 9.84. The maximum Gasteiger partial charge on any atom is 0.267 e. The summed E-state index contributed by atoms with van der Waals surface area (Å²) in [6, 6.07) is 0.697. The fourth-order valence-electron chi connectivity index (χ4n) is 3.64. The van der Waals surface area contributed by atoms with Gasteiger partial charge in [-0.05, 0) is 44.1 Å². The summed E-state index contributed by atoms with van der Waals surface area (Å²) >= 11 is 0. The molecule has 4 nitrogen and oxygen atoms in total. The summed E-state index contributed by atoms with van der Waals surface area (Å²) in [7, 11) is 0. The van der Waals surface area contributed by atoms with Crippen LogP contribution >= 0.6 is 12.4 Å². The number of rotatable bonds is 4. The number of nitrogens with one attached hydrogen (secondary N) is 2. The van der Waals surface area contributed by atoms with Crippen LogP contribution in [0.25, 0.3) is 0 Å². The lowest BCUT2D eigenvalue weighted by Crippen LogP contribution is -2.33. The average molecular weight is 312 g/mol. The van der Waals surface area contributed by atoms with E-state index in [1.165, 1.54) is 44.1 Å². The third-order valence-corrected chi connectivity index (χ3v) is 4.78. The number of fused-ring (bicyclic) bond motifs is 1. The van der Waals surface area contributed by atoms with Gasteiger partial charge in [0, 0.05) is 24.6 Å². The van der Waals surface area contributed by atoms with Crippen LogP contribution in [0.1, 0.15) is 61.8 Å². The Morgan fingerprint density at radius 2 is 1.76 bits per heavy atom. The van der Waals surface area contributed by atoms with Crippen molar-refractivity contribution in [3.05, 3.63) is 27.2 Å². The van der Waals surface area contributed by atoms with E-state index in [0.29, 0.717) is 6.04 Å². The van der Waals surface area contributed by atoms with Crippen molar-refractivity contribution in [2.45, 2.75) is 70.3 Å². The molecule has 3 rings (SSSR count). The molecule has 0 aliphatic heterocycles. The molecule has 5 heteroatoms. The molecular weight excluding hydrogens is 286 g/mol. The smallest absolute Gasteiger partial charge is 0.267 e. The van der Waals surface area contributed by atoms with E-state index in [9.17, 15) is 4.79 Å². The van der Waals surface area contributed by atoms with Crippen LogP contribution in [0, 0.1) is 0 Å². The summed E-state index contributed by atoms with van der Waals surface area (Å²) in [5, 5.41) is 10.6. The Hall–Kier alpha value is -0.870. The number of aromatic nitrogens is 2. The lowest BCUT2D eigenvalue weighted by Gasteiger charge is -2.23. The summed E-state index contributed by atoms with van der Waals surface area (Å²) in [6.07, 6.45) is 12.0. The minimum atomic E-state index is 0. The molecule has 0 saturated heterocycles. The molecule has 1 aromatic heterocycles. The molecule has 1 heterocycles. The molecule has 1 fully saturated rings. The zero-order chi connectivity index (χ0) is 13.8. The van der Waals surface area contributed by atoms with Crippen molar-refractivity contribution < 1.29 is 0 Å². The molecule has 21 heavy (non-hydrogen) atoms. The van der Waals surface area contributed by atoms with Crippen LogP contribution in [-0.2, 0) is 19.3 Å². The van der Waals surface area contributed by atoms with Crippen molar-refractivity contribution in [3.8, 4) is 0 Å². The molecule has 0 spiro atoms. The normalized spacial score (nSPS) is 18.9. The van der Waals surface area contributed by atoms with Gasteiger partial charge in [0.15, 0.2) is 0 Å². The largest absolute Gasteiger partial charge is 0.314 e. The van der Waals surface area contributed by atoms with E-state index >= 15 is 0 Å². The fraction of sp³-hybridized carbons (Fsp3) is 0.750. The molecule has 118 valence electrons. The Bertz CT molecular complexity index is 509. The van der Waals surface area contributed by atoms with E-state index < -0.39 is 0 Å². The highest BCUT2D eigenvalue weighted by Gasteiger charge is 2.18. The molecule has 0 bridgehead atoms. The van der Waals surface area contributed by atoms with Gasteiger partial charge < -0.3 is 5.32 Å². The zero-order valence-corrected chi connectivity index (χ0v) is 13.4. The van der Waals surface area contributed by atoms with Gasteiger partial charge in [-0.3, -0.25) is 4.79 Å². The molecule has 2 aliphatic rings. The molecule has 2 N–H and O–H groups in total. The summed E-state index contributed by atoms with van der Waals surface area (Å²) in [5.41, 5.74) is 3.38. The van der Waals surface area contributed by atoms with Crippen molar-refractivity contribution in [2.24, 2.45) is 0 Å². The third kappa shape index (κ3) is 4.07. The van der Waals surface area contributed by atoms with Gasteiger partial charge in [0.1, 0.15) is 0 Å². The van der Waals surface area contributed by atoms with Crippen LogP contribution in [0.4, 0.5) is 0 Å². The van der Waals surface area contributed by atoms with Gasteiger partial charge in [-0.1, -0.05) is 19.3 Å². The first-order valence-electron chi connectivity index (χ1n) is 8.17. The van der Waals surface area contributed by atoms with Crippen molar-refractivity contribution >= 4 is 12.4 Å². The number of nitrogens with zero attached hydrogens (tertiary/aromatic N) is 1. The first-order valence-corrected chi connectivity index (χ1v) is 8.17. The second kappa shape index (κ2) is 7.95. The highest BCUT2D eigenvalue weighted by Crippen LogP contribution is 2.21. The maximum atomic E-state index is 11.8. The van der Waals surface area contributed by atoms with E-state index in [-0.39, 0.29) is 18.0 Å². The lowest BCUT2D eigenvalue weighted by molar-refractivity contribution is 0.375. The van der Waals surface area contributed by atoms with Gasteiger partial charge in [-0.15, -0.1) is 12.4 Å². The number of halogens is 1. The SMILES string of the molecule is Cl.O=c1[nH]nc(CCNC2CCCCC2)c2c1CCCC2. The molecule has 2 aliphatic carbocycles. The van der Waals surface area contributed by atoms with Gasteiger partial charge in [0.2, 0.25) is 0 Å². The Kier molecular flexibility index (Phi) is 6.24. The van der Waals surface area contributed by atoms with E-state index in [1.54, 1.807) is 0 Å². The molecule has 1 aromatic rings. The van der Waals surface area contributed by atoms with Crippen LogP contribution in [0.5, 0.6) is 0 Å². The first kappa shape index (κ1) is 16.5. The Labute approximate surface area is 132 Å². The fourth-order valence-corrected chi connectivity index (χ4v) is 3.64. The predicted molar refractivity (Wildman–Crippen MR) is 87.3 cm³/mol. The van der Waals surface area contributed by atoms with Gasteiger partial charge in [0.25, 0.3) is 5.56 Å². The molecule has 0 atom stereocenters. The van der Waals surface area contributed by atoms with E-state index in [1.807, 2.05) is 0 Å². The molecule has 0 amide bonds. The van der Waals surface area contributed by atoms with Gasteiger partial charge >= 0.3 is 0 Å². The highest BCUT2D eigenvalue weighted by molar-refractivity contribution is 5.85. The third-order valence-electron chi connectivity index (χ3n) is 4.78. The minimum absolute atomic E-state index is 0. The average Bonchev–Trinajstić information content (AvgIpc) is 2.51.